The second-order valence-corrected chi connectivity index (χ2v) is 9.12. The van der Waals surface area contributed by atoms with Crippen molar-refractivity contribution in [2.75, 3.05) is 0 Å². The molecule has 2 atom stereocenters. The number of aromatic nitrogens is 2. The van der Waals surface area contributed by atoms with E-state index in [4.69, 9.17) is 16.6 Å². The van der Waals surface area contributed by atoms with Crippen LogP contribution in [0.25, 0.3) is 11.0 Å². The number of nitrogens with zero attached hydrogens (tertiary/aromatic N) is 2. The standard InChI is InChI=1S/C28H30ClN3O/c1-4-19(2)23-13-9-22(10-14-23)18-32-26-8-6-5-7-25(26)31-28(32)20(3)30-27(33)17-21-11-15-24(29)16-12-21/h5-16,19-20H,4,17-18H2,1-3H3,(H,30,33). The van der Waals surface area contributed by atoms with E-state index in [1.165, 1.54) is 11.1 Å². The average molecular weight is 460 g/mol. The molecule has 0 spiro atoms. The van der Waals surface area contributed by atoms with Gasteiger partial charge in [0.2, 0.25) is 5.91 Å². The topological polar surface area (TPSA) is 46.9 Å². The summed E-state index contributed by atoms with van der Waals surface area (Å²) in [5.41, 5.74) is 5.50. The van der Waals surface area contributed by atoms with E-state index >= 15 is 0 Å². The predicted molar refractivity (Wildman–Crippen MR) is 136 cm³/mol. The van der Waals surface area contributed by atoms with Crippen molar-refractivity contribution in [3.05, 3.63) is 100 Å². The third-order valence-corrected chi connectivity index (χ3v) is 6.48. The molecule has 0 saturated carbocycles. The van der Waals surface area contributed by atoms with Gasteiger partial charge in [0.1, 0.15) is 5.82 Å². The maximum absolute atomic E-state index is 12.7. The molecular formula is C28H30ClN3O. The molecule has 0 radical (unpaired) electrons. The highest BCUT2D eigenvalue weighted by atomic mass is 35.5. The highest BCUT2D eigenvalue weighted by Crippen LogP contribution is 2.24. The summed E-state index contributed by atoms with van der Waals surface area (Å²) in [6.45, 7) is 7.16. The summed E-state index contributed by atoms with van der Waals surface area (Å²) in [6.07, 6.45) is 1.43. The molecule has 0 aliphatic heterocycles. The number of halogens is 1. The molecule has 0 saturated heterocycles. The first-order valence-electron chi connectivity index (χ1n) is 11.5. The molecule has 0 fully saturated rings. The number of rotatable bonds is 8. The Morgan fingerprint density at radius 2 is 1.64 bits per heavy atom. The van der Waals surface area contributed by atoms with Crippen molar-refractivity contribution in [3.63, 3.8) is 0 Å². The molecule has 4 nitrogen and oxygen atoms in total. The second-order valence-electron chi connectivity index (χ2n) is 8.69. The second kappa shape index (κ2) is 10.2. The number of carbonyl (C=O) groups is 1. The van der Waals surface area contributed by atoms with E-state index < -0.39 is 0 Å². The quantitative estimate of drug-likeness (QED) is 0.319. The van der Waals surface area contributed by atoms with Gasteiger partial charge in [-0.05, 0) is 60.2 Å². The molecule has 0 aliphatic carbocycles. The highest BCUT2D eigenvalue weighted by molar-refractivity contribution is 6.30. The van der Waals surface area contributed by atoms with Gasteiger partial charge in [0.05, 0.1) is 23.5 Å². The zero-order valence-electron chi connectivity index (χ0n) is 19.4. The van der Waals surface area contributed by atoms with Crippen molar-refractivity contribution in [2.24, 2.45) is 0 Å². The largest absolute Gasteiger partial charge is 0.346 e. The molecule has 2 unspecified atom stereocenters. The zero-order valence-corrected chi connectivity index (χ0v) is 20.1. The summed E-state index contributed by atoms with van der Waals surface area (Å²) in [4.78, 5) is 17.6. The third-order valence-electron chi connectivity index (χ3n) is 6.23. The van der Waals surface area contributed by atoms with Crippen LogP contribution in [0.4, 0.5) is 0 Å². The van der Waals surface area contributed by atoms with Crippen LogP contribution in [0.3, 0.4) is 0 Å². The third kappa shape index (κ3) is 5.45. The zero-order chi connectivity index (χ0) is 23.4. The maximum atomic E-state index is 12.7. The number of amides is 1. The number of carbonyl (C=O) groups excluding carboxylic acids is 1. The normalized spacial score (nSPS) is 13.1. The van der Waals surface area contributed by atoms with Gasteiger partial charge in [0.15, 0.2) is 0 Å². The van der Waals surface area contributed by atoms with Crippen molar-refractivity contribution >= 4 is 28.5 Å². The molecule has 4 aromatic rings. The molecule has 1 amide bonds. The van der Waals surface area contributed by atoms with Crippen molar-refractivity contribution < 1.29 is 4.79 Å². The molecule has 1 N–H and O–H groups in total. The number of nitrogens with one attached hydrogen (secondary N) is 1. The Morgan fingerprint density at radius 1 is 0.970 bits per heavy atom. The van der Waals surface area contributed by atoms with Gasteiger partial charge in [0.25, 0.3) is 0 Å². The number of para-hydroxylation sites is 2. The summed E-state index contributed by atoms with van der Waals surface area (Å²) in [5.74, 6) is 1.37. The van der Waals surface area contributed by atoms with E-state index in [2.05, 4.69) is 54.1 Å². The predicted octanol–water partition coefficient (Wildman–Crippen LogP) is 6.67. The fourth-order valence-corrected chi connectivity index (χ4v) is 4.23. The van der Waals surface area contributed by atoms with Crippen LogP contribution in [0.15, 0.2) is 72.8 Å². The van der Waals surface area contributed by atoms with Crippen LogP contribution in [-0.4, -0.2) is 15.5 Å². The number of benzene rings is 3. The van der Waals surface area contributed by atoms with E-state index in [1.54, 1.807) is 12.1 Å². The van der Waals surface area contributed by atoms with Gasteiger partial charge in [-0.2, -0.15) is 0 Å². The molecule has 4 rings (SSSR count). The van der Waals surface area contributed by atoms with Gasteiger partial charge in [-0.1, -0.05) is 74.0 Å². The first-order valence-corrected chi connectivity index (χ1v) is 11.9. The van der Waals surface area contributed by atoms with Gasteiger partial charge in [-0.3, -0.25) is 4.79 Å². The van der Waals surface area contributed by atoms with Gasteiger partial charge < -0.3 is 9.88 Å². The SMILES string of the molecule is CCC(C)c1ccc(Cn2c(C(C)NC(=O)Cc3ccc(Cl)cc3)nc3ccccc32)cc1. The molecule has 170 valence electrons. The van der Waals surface area contributed by atoms with Crippen molar-refractivity contribution in [1.29, 1.82) is 0 Å². The molecule has 3 aromatic carbocycles. The Balaban J connectivity index is 1.56. The summed E-state index contributed by atoms with van der Waals surface area (Å²) >= 11 is 5.95. The van der Waals surface area contributed by atoms with E-state index in [9.17, 15) is 4.79 Å². The molecule has 0 bridgehead atoms. The van der Waals surface area contributed by atoms with Crippen molar-refractivity contribution in [1.82, 2.24) is 14.9 Å². The van der Waals surface area contributed by atoms with E-state index in [1.807, 2.05) is 37.3 Å². The first kappa shape index (κ1) is 23.1. The van der Waals surface area contributed by atoms with Crippen LogP contribution in [0.5, 0.6) is 0 Å². The van der Waals surface area contributed by atoms with Crippen molar-refractivity contribution in [3.8, 4) is 0 Å². The molecule has 33 heavy (non-hydrogen) atoms. The number of hydrogen-bond donors (Lipinski definition) is 1. The van der Waals surface area contributed by atoms with Gasteiger partial charge in [-0.15, -0.1) is 0 Å². The van der Waals surface area contributed by atoms with E-state index in [0.29, 0.717) is 23.9 Å². The lowest BCUT2D eigenvalue weighted by Gasteiger charge is -2.17. The number of imidazole rings is 1. The van der Waals surface area contributed by atoms with Gasteiger partial charge in [0, 0.05) is 11.6 Å². The maximum Gasteiger partial charge on any atom is 0.224 e. The molecule has 0 aliphatic rings. The van der Waals surface area contributed by atoms with Crippen LogP contribution < -0.4 is 5.32 Å². The van der Waals surface area contributed by atoms with Gasteiger partial charge >= 0.3 is 0 Å². The van der Waals surface area contributed by atoms with E-state index in [0.717, 1.165) is 28.8 Å². The smallest absolute Gasteiger partial charge is 0.224 e. The Kier molecular flexibility index (Phi) is 7.14. The summed E-state index contributed by atoms with van der Waals surface area (Å²) in [5, 5.41) is 3.79. The number of fused-ring (bicyclic) bond motifs is 1. The van der Waals surface area contributed by atoms with Gasteiger partial charge in [-0.25, -0.2) is 4.98 Å². The Morgan fingerprint density at radius 3 is 2.33 bits per heavy atom. The Bertz CT molecular complexity index is 1230. The molecular weight excluding hydrogens is 430 g/mol. The minimum atomic E-state index is -0.225. The van der Waals surface area contributed by atoms with Crippen LogP contribution >= 0.6 is 11.6 Å². The van der Waals surface area contributed by atoms with E-state index in [-0.39, 0.29) is 11.9 Å². The lowest BCUT2D eigenvalue weighted by Crippen LogP contribution is -2.30. The summed E-state index contributed by atoms with van der Waals surface area (Å²) in [6, 6.07) is 24.1. The molecule has 1 heterocycles. The van der Waals surface area contributed by atoms with Crippen molar-refractivity contribution in [2.45, 2.75) is 52.1 Å². The highest BCUT2D eigenvalue weighted by Gasteiger charge is 2.19. The number of hydrogen-bond acceptors (Lipinski definition) is 2. The Labute approximate surface area is 200 Å². The van der Waals surface area contributed by atoms with Crippen LogP contribution in [0, 0.1) is 0 Å². The molecule has 5 heteroatoms. The lowest BCUT2D eigenvalue weighted by molar-refractivity contribution is -0.121. The first-order chi connectivity index (χ1) is 15.9. The van der Waals surface area contributed by atoms with Crippen LogP contribution in [0.1, 0.15) is 61.7 Å². The van der Waals surface area contributed by atoms with Crippen LogP contribution in [0.2, 0.25) is 5.02 Å². The fraction of sp³-hybridized carbons (Fsp3) is 0.286. The summed E-state index contributed by atoms with van der Waals surface area (Å²) in [7, 11) is 0. The minimum Gasteiger partial charge on any atom is -0.346 e. The van der Waals surface area contributed by atoms with Crippen LogP contribution in [-0.2, 0) is 17.8 Å². The average Bonchev–Trinajstić information content (AvgIpc) is 3.19. The Hall–Kier alpha value is -3.11. The lowest BCUT2D eigenvalue weighted by atomic mass is 9.97. The monoisotopic (exact) mass is 459 g/mol. The minimum absolute atomic E-state index is 0.0404. The molecule has 1 aromatic heterocycles. The summed E-state index contributed by atoms with van der Waals surface area (Å²) < 4.78 is 2.21. The fourth-order valence-electron chi connectivity index (χ4n) is 4.11.